The van der Waals surface area contributed by atoms with E-state index in [4.69, 9.17) is 0 Å². The van der Waals surface area contributed by atoms with Crippen LogP contribution in [0.3, 0.4) is 0 Å². The molecule has 0 spiro atoms. The van der Waals surface area contributed by atoms with Crippen LogP contribution in [0.1, 0.15) is 33.1 Å². The van der Waals surface area contributed by atoms with Crippen LogP contribution >= 0.6 is 0 Å². The fourth-order valence-electron chi connectivity index (χ4n) is 1.43. The zero-order valence-corrected chi connectivity index (χ0v) is 7.26. The molecule has 2 heteroatoms. The summed E-state index contributed by atoms with van der Waals surface area (Å²) in [5, 5.41) is 0. The molecule has 0 amide bonds. The van der Waals surface area contributed by atoms with E-state index in [1.54, 1.807) is 0 Å². The first-order chi connectivity index (χ1) is 5.25. The lowest BCUT2D eigenvalue weighted by Gasteiger charge is -2.06. The zero-order chi connectivity index (χ0) is 8.27. The lowest BCUT2D eigenvalue weighted by Crippen LogP contribution is -2.16. The van der Waals surface area contributed by atoms with Gasteiger partial charge in [-0.05, 0) is 13.3 Å². The number of nitrogens with zero attached hydrogens (tertiary/aromatic N) is 1. The highest BCUT2D eigenvalue weighted by Gasteiger charge is 2.24. The molecule has 1 aliphatic rings. The van der Waals surface area contributed by atoms with E-state index in [2.05, 4.69) is 11.9 Å². The molecule has 62 valence electrons. The van der Waals surface area contributed by atoms with Crippen LogP contribution in [0.4, 0.5) is 0 Å². The smallest absolute Gasteiger partial charge is 0.162 e. The Morgan fingerprint density at radius 3 is 2.82 bits per heavy atom. The van der Waals surface area contributed by atoms with Crippen molar-refractivity contribution in [2.24, 2.45) is 10.9 Å². The summed E-state index contributed by atoms with van der Waals surface area (Å²) >= 11 is 0. The standard InChI is InChI=1S/C9H15NO/c1-3-4-5-8-7(2)10-6-9(8)11/h8H,3-6H2,1-2H3. The first kappa shape index (κ1) is 8.44. The Bertz CT molecular complexity index is 184. The van der Waals surface area contributed by atoms with Crippen molar-refractivity contribution < 1.29 is 4.79 Å². The van der Waals surface area contributed by atoms with E-state index in [-0.39, 0.29) is 5.92 Å². The van der Waals surface area contributed by atoms with E-state index < -0.39 is 0 Å². The Hall–Kier alpha value is -0.660. The number of ketones is 1. The fraction of sp³-hybridized carbons (Fsp3) is 0.778. The van der Waals surface area contributed by atoms with Crippen LogP contribution in [0.5, 0.6) is 0 Å². The third kappa shape index (κ3) is 1.88. The van der Waals surface area contributed by atoms with Gasteiger partial charge in [0.15, 0.2) is 5.78 Å². The molecule has 0 radical (unpaired) electrons. The number of unbranched alkanes of at least 4 members (excludes halogenated alkanes) is 1. The van der Waals surface area contributed by atoms with E-state index in [1.807, 2.05) is 6.92 Å². The van der Waals surface area contributed by atoms with Crippen LogP contribution in [0.25, 0.3) is 0 Å². The topological polar surface area (TPSA) is 29.4 Å². The van der Waals surface area contributed by atoms with Crippen molar-refractivity contribution in [2.45, 2.75) is 33.1 Å². The molecule has 11 heavy (non-hydrogen) atoms. The quantitative estimate of drug-likeness (QED) is 0.608. The molecule has 0 fully saturated rings. The summed E-state index contributed by atoms with van der Waals surface area (Å²) in [7, 11) is 0. The molecular formula is C9H15NO. The van der Waals surface area contributed by atoms with Crippen molar-refractivity contribution in [3.8, 4) is 0 Å². The van der Waals surface area contributed by atoms with Crippen LogP contribution in [-0.2, 0) is 4.79 Å². The van der Waals surface area contributed by atoms with E-state index >= 15 is 0 Å². The number of hydrogen-bond donors (Lipinski definition) is 0. The second-order valence-electron chi connectivity index (χ2n) is 3.12. The lowest BCUT2D eigenvalue weighted by atomic mass is 9.96. The van der Waals surface area contributed by atoms with E-state index in [1.165, 1.54) is 0 Å². The monoisotopic (exact) mass is 153 g/mol. The van der Waals surface area contributed by atoms with Gasteiger partial charge in [0, 0.05) is 5.71 Å². The van der Waals surface area contributed by atoms with Crippen molar-refractivity contribution in [1.29, 1.82) is 0 Å². The highest BCUT2D eigenvalue weighted by molar-refractivity contribution is 6.09. The molecule has 0 saturated carbocycles. The van der Waals surface area contributed by atoms with Crippen molar-refractivity contribution in [2.75, 3.05) is 6.54 Å². The zero-order valence-electron chi connectivity index (χ0n) is 7.26. The Balaban J connectivity index is 2.43. The summed E-state index contributed by atoms with van der Waals surface area (Å²) in [6.45, 7) is 4.54. The van der Waals surface area contributed by atoms with Crippen LogP contribution in [0.2, 0.25) is 0 Å². The molecule has 0 aliphatic carbocycles. The van der Waals surface area contributed by atoms with Crippen molar-refractivity contribution in [3.05, 3.63) is 0 Å². The minimum Gasteiger partial charge on any atom is -0.297 e. The van der Waals surface area contributed by atoms with Gasteiger partial charge in [-0.1, -0.05) is 19.8 Å². The molecule has 1 heterocycles. The normalized spacial score (nSPS) is 24.0. The Morgan fingerprint density at radius 2 is 2.36 bits per heavy atom. The van der Waals surface area contributed by atoms with Gasteiger partial charge in [0.1, 0.15) is 0 Å². The molecule has 0 bridgehead atoms. The van der Waals surface area contributed by atoms with Gasteiger partial charge in [0.25, 0.3) is 0 Å². The molecule has 2 nitrogen and oxygen atoms in total. The number of carbonyl (C=O) groups is 1. The minimum absolute atomic E-state index is 0.162. The number of Topliss-reactive ketones (excluding diaryl/α,β-unsaturated/α-hetero) is 1. The molecule has 0 aromatic heterocycles. The molecule has 0 aromatic carbocycles. The summed E-state index contributed by atoms with van der Waals surface area (Å²) in [6.07, 6.45) is 3.31. The number of rotatable bonds is 3. The first-order valence-electron chi connectivity index (χ1n) is 4.29. The average Bonchev–Trinajstić information content (AvgIpc) is 2.29. The van der Waals surface area contributed by atoms with Gasteiger partial charge in [-0.15, -0.1) is 0 Å². The fourth-order valence-corrected chi connectivity index (χ4v) is 1.43. The van der Waals surface area contributed by atoms with Crippen LogP contribution in [0.15, 0.2) is 4.99 Å². The molecule has 1 rings (SSSR count). The third-order valence-corrected chi connectivity index (χ3v) is 2.22. The van der Waals surface area contributed by atoms with Crippen LogP contribution < -0.4 is 0 Å². The van der Waals surface area contributed by atoms with E-state index in [0.29, 0.717) is 12.3 Å². The van der Waals surface area contributed by atoms with Gasteiger partial charge in [-0.3, -0.25) is 9.79 Å². The largest absolute Gasteiger partial charge is 0.297 e. The molecular weight excluding hydrogens is 138 g/mol. The van der Waals surface area contributed by atoms with Gasteiger partial charge >= 0.3 is 0 Å². The lowest BCUT2D eigenvalue weighted by molar-refractivity contribution is -0.119. The van der Waals surface area contributed by atoms with Crippen molar-refractivity contribution in [1.82, 2.24) is 0 Å². The van der Waals surface area contributed by atoms with E-state index in [0.717, 1.165) is 25.0 Å². The highest BCUT2D eigenvalue weighted by Crippen LogP contribution is 2.16. The summed E-state index contributed by atoms with van der Waals surface area (Å²) in [5.41, 5.74) is 1.04. The van der Waals surface area contributed by atoms with Gasteiger partial charge in [0.05, 0.1) is 12.5 Å². The summed E-state index contributed by atoms with van der Waals surface area (Å²) in [5.74, 6) is 0.478. The number of hydrogen-bond acceptors (Lipinski definition) is 2. The molecule has 0 aromatic rings. The molecule has 0 N–H and O–H groups in total. The molecule has 1 aliphatic heterocycles. The summed E-state index contributed by atoms with van der Waals surface area (Å²) in [4.78, 5) is 15.3. The highest BCUT2D eigenvalue weighted by atomic mass is 16.1. The van der Waals surface area contributed by atoms with E-state index in [9.17, 15) is 4.79 Å². The minimum atomic E-state index is 0.162. The SMILES string of the molecule is CCCCC1C(=O)CN=C1C. The number of aliphatic imine (C=N–C) groups is 1. The van der Waals surface area contributed by atoms with Crippen molar-refractivity contribution in [3.63, 3.8) is 0 Å². The maximum absolute atomic E-state index is 11.2. The predicted octanol–water partition coefficient (Wildman–Crippen LogP) is 1.84. The summed E-state index contributed by atoms with van der Waals surface area (Å²) < 4.78 is 0. The molecule has 1 atom stereocenters. The molecule has 1 unspecified atom stereocenters. The second kappa shape index (κ2) is 3.65. The summed E-state index contributed by atoms with van der Waals surface area (Å²) in [6, 6.07) is 0. The van der Waals surface area contributed by atoms with Gasteiger partial charge < -0.3 is 0 Å². The first-order valence-corrected chi connectivity index (χ1v) is 4.29. The Kier molecular flexibility index (Phi) is 2.80. The average molecular weight is 153 g/mol. The van der Waals surface area contributed by atoms with Gasteiger partial charge in [-0.2, -0.15) is 0 Å². The maximum atomic E-state index is 11.2. The predicted molar refractivity (Wildman–Crippen MR) is 46.0 cm³/mol. The van der Waals surface area contributed by atoms with Crippen molar-refractivity contribution >= 4 is 11.5 Å². The van der Waals surface area contributed by atoms with Gasteiger partial charge in [0.2, 0.25) is 0 Å². The van der Waals surface area contributed by atoms with Gasteiger partial charge in [-0.25, -0.2) is 0 Å². The maximum Gasteiger partial charge on any atom is 0.162 e. The third-order valence-electron chi connectivity index (χ3n) is 2.22. The Morgan fingerprint density at radius 1 is 1.64 bits per heavy atom. The second-order valence-corrected chi connectivity index (χ2v) is 3.12. The number of carbonyl (C=O) groups excluding carboxylic acids is 1. The van der Waals surface area contributed by atoms with Crippen LogP contribution in [-0.4, -0.2) is 18.0 Å². The molecule has 0 saturated heterocycles. The van der Waals surface area contributed by atoms with Crippen LogP contribution in [0, 0.1) is 5.92 Å². The Labute approximate surface area is 67.7 Å².